The van der Waals surface area contributed by atoms with E-state index in [1.54, 1.807) is 24.3 Å². The van der Waals surface area contributed by atoms with Gasteiger partial charge in [0, 0.05) is 29.6 Å². The van der Waals surface area contributed by atoms with Crippen LogP contribution in [-0.2, 0) is 4.79 Å². The molecule has 0 heterocycles. The Morgan fingerprint density at radius 3 is 2.11 bits per heavy atom. The van der Waals surface area contributed by atoms with Crippen LogP contribution in [0, 0.1) is 5.92 Å². The van der Waals surface area contributed by atoms with Gasteiger partial charge in [-0.2, -0.15) is 0 Å². The van der Waals surface area contributed by atoms with Crippen LogP contribution in [0.2, 0.25) is 0 Å². The number of benzene rings is 1. The van der Waals surface area contributed by atoms with E-state index in [0.717, 1.165) is 32.1 Å². The van der Waals surface area contributed by atoms with Crippen LogP contribution in [0.4, 0.5) is 0 Å². The summed E-state index contributed by atoms with van der Waals surface area (Å²) in [7, 11) is 0. The number of carbonyl (C=O) groups is 3. The van der Waals surface area contributed by atoms with Gasteiger partial charge in [-0.05, 0) is 55.9 Å². The number of aliphatic carboxylic acids is 1. The molecule has 1 aromatic rings. The fourth-order valence-electron chi connectivity index (χ4n) is 3.91. The molecule has 0 bridgehead atoms. The number of carbonyl (C=O) groups excluding carboxylic acids is 2. The molecule has 2 aliphatic carbocycles. The molecule has 2 saturated carbocycles. The van der Waals surface area contributed by atoms with Gasteiger partial charge in [0.15, 0.2) is 0 Å². The summed E-state index contributed by atoms with van der Waals surface area (Å²) in [5.41, 5.74) is 1.04. The molecule has 6 heteroatoms. The Bertz CT molecular complexity index is 691. The lowest BCUT2D eigenvalue weighted by Crippen LogP contribution is -2.37. The van der Waals surface area contributed by atoms with Gasteiger partial charge in [-0.3, -0.25) is 14.4 Å². The molecule has 1 aromatic carbocycles. The quantitative estimate of drug-likeness (QED) is 0.605. The summed E-state index contributed by atoms with van der Waals surface area (Å²) in [4.78, 5) is 35.7. The largest absolute Gasteiger partial charge is 0.481 e. The van der Waals surface area contributed by atoms with Crippen LogP contribution < -0.4 is 10.6 Å². The average molecular weight is 386 g/mol. The molecular weight excluding hydrogens is 356 g/mol. The van der Waals surface area contributed by atoms with E-state index in [1.165, 1.54) is 19.3 Å². The van der Waals surface area contributed by atoms with Crippen molar-refractivity contribution in [3.05, 3.63) is 35.4 Å². The van der Waals surface area contributed by atoms with Crippen molar-refractivity contribution in [1.82, 2.24) is 10.6 Å². The summed E-state index contributed by atoms with van der Waals surface area (Å²) in [6.07, 6.45) is 9.41. The smallest absolute Gasteiger partial charge is 0.303 e. The normalized spacial score (nSPS) is 18.3. The minimum absolute atomic E-state index is 0.0535. The molecule has 2 aliphatic rings. The summed E-state index contributed by atoms with van der Waals surface area (Å²) >= 11 is 0. The maximum Gasteiger partial charge on any atom is 0.303 e. The molecule has 2 fully saturated rings. The molecule has 1 atom stereocenters. The van der Waals surface area contributed by atoms with Crippen molar-refractivity contribution in [2.24, 2.45) is 5.92 Å². The van der Waals surface area contributed by atoms with Crippen LogP contribution in [0.5, 0.6) is 0 Å². The highest BCUT2D eigenvalue weighted by Crippen LogP contribution is 2.28. The molecule has 152 valence electrons. The van der Waals surface area contributed by atoms with E-state index in [-0.39, 0.29) is 24.3 Å². The average Bonchev–Trinajstić information content (AvgIpc) is 3.51. The summed E-state index contributed by atoms with van der Waals surface area (Å²) in [6, 6.07) is 6.81. The van der Waals surface area contributed by atoms with Gasteiger partial charge in [0.1, 0.15) is 0 Å². The molecule has 2 amide bonds. The van der Waals surface area contributed by atoms with Gasteiger partial charge in [0.2, 0.25) is 0 Å². The molecule has 0 saturated heterocycles. The van der Waals surface area contributed by atoms with Gasteiger partial charge < -0.3 is 15.7 Å². The predicted molar refractivity (Wildman–Crippen MR) is 106 cm³/mol. The topological polar surface area (TPSA) is 95.5 Å². The number of carboxylic acids is 1. The van der Waals surface area contributed by atoms with Crippen molar-refractivity contribution in [1.29, 1.82) is 0 Å². The van der Waals surface area contributed by atoms with E-state index >= 15 is 0 Å². The monoisotopic (exact) mass is 386 g/mol. The Kier molecular flexibility index (Phi) is 7.06. The maximum atomic E-state index is 12.7. The Morgan fingerprint density at radius 1 is 0.929 bits per heavy atom. The Hall–Kier alpha value is -2.37. The van der Waals surface area contributed by atoms with E-state index in [4.69, 9.17) is 5.11 Å². The zero-order chi connectivity index (χ0) is 19.9. The lowest BCUT2D eigenvalue weighted by molar-refractivity contribution is -0.137. The first-order valence-electron chi connectivity index (χ1n) is 10.4. The van der Waals surface area contributed by atoms with Crippen LogP contribution in [-0.4, -0.2) is 35.0 Å². The number of amides is 2. The van der Waals surface area contributed by atoms with Crippen molar-refractivity contribution in [3.8, 4) is 0 Å². The zero-order valence-corrected chi connectivity index (χ0v) is 16.3. The van der Waals surface area contributed by atoms with Crippen LogP contribution in [0.15, 0.2) is 24.3 Å². The predicted octanol–water partition coefficient (Wildman–Crippen LogP) is 3.51. The number of carboxylic acid groups (broad SMARTS) is 1. The zero-order valence-electron chi connectivity index (χ0n) is 16.3. The molecule has 1 unspecified atom stereocenters. The highest BCUT2D eigenvalue weighted by molar-refractivity contribution is 5.98. The van der Waals surface area contributed by atoms with Crippen molar-refractivity contribution in [2.45, 2.75) is 76.3 Å². The third-order valence-electron chi connectivity index (χ3n) is 5.71. The molecule has 0 radical (unpaired) electrons. The van der Waals surface area contributed by atoms with Crippen molar-refractivity contribution >= 4 is 17.8 Å². The first-order valence-corrected chi connectivity index (χ1v) is 10.4. The van der Waals surface area contributed by atoms with E-state index in [0.29, 0.717) is 29.5 Å². The van der Waals surface area contributed by atoms with E-state index in [1.807, 2.05) is 0 Å². The lowest BCUT2D eigenvalue weighted by atomic mass is 9.84. The summed E-state index contributed by atoms with van der Waals surface area (Å²) in [5.74, 6) is -0.596. The molecule has 28 heavy (non-hydrogen) atoms. The van der Waals surface area contributed by atoms with Gasteiger partial charge in [-0.15, -0.1) is 0 Å². The second kappa shape index (κ2) is 9.71. The second-order valence-electron chi connectivity index (χ2n) is 8.17. The van der Waals surface area contributed by atoms with Gasteiger partial charge in [-0.25, -0.2) is 0 Å². The lowest BCUT2D eigenvalue weighted by Gasteiger charge is -2.27. The third-order valence-corrected chi connectivity index (χ3v) is 5.71. The summed E-state index contributed by atoms with van der Waals surface area (Å²) in [5, 5.41) is 15.0. The number of hydrogen-bond donors (Lipinski definition) is 3. The fourth-order valence-corrected chi connectivity index (χ4v) is 3.91. The van der Waals surface area contributed by atoms with E-state index < -0.39 is 5.97 Å². The number of hydrogen-bond acceptors (Lipinski definition) is 3. The highest BCUT2D eigenvalue weighted by atomic mass is 16.4. The van der Waals surface area contributed by atoms with Gasteiger partial charge >= 0.3 is 5.97 Å². The summed E-state index contributed by atoms with van der Waals surface area (Å²) < 4.78 is 0. The second-order valence-corrected chi connectivity index (χ2v) is 8.17. The molecule has 3 rings (SSSR count). The number of rotatable bonds is 9. The van der Waals surface area contributed by atoms with Gasteiger partial charge in [0.25, 0.3) is 11.8 Å². The molecular formula is C22H30N2O4. The van der Waals surface area contributed by atoms with Crippen LogP contribution >= 0.6 is 0 Å². The highest BCUT2D eigenvalue weighted by Gasteiger charge is 2.24. The molecule has 3 N–H and O–H groups in total. The minimum atomic E-state index is -0.839. The molecule has 6 nitrogen and oxygen atoms in total. The van der Waals surface area contributed by atoms with Gasteiger partial charge in [-0.1, -0.05) is 32.1 Å². The third kappa shape index (κ3) is 6.36. The van der Waals surface area contributed by atoms with Crippen molar-refractivity contribution < 1.29 is 19.5 Å². The van der Waals surface area contributed by atoms with E-state index in [9.17, 15) is 14.4 Å². The van der Waals surface area contributed by atoms with Crippen LogP contribution in [0.3, 0.4) is 0 Å². The van der Waals surface area contributed by atoms with E-state index in [2.05, 4.69) is 10.6 Å². The van der Waals surface area contributed by atoms with Crippen LogP contribution in [0.25, 0.3) is 0 Å². The molecule has 0 aromatic heterocycles. The van der Waals surface area contributed by atoms with Gasteiger partial charge in [0.05, 0.1) is 0 Å². The Balaban J connectivity index is 1.57. The first-order chi connectivity index (χ1) is 13.5. The first kappa shape index (κ1) is 20.4. The molecule has 0 spiro atoms. The van der Waals surface area contributed by atoms with Crippen molar-refractivity contribution in [2.75, 3.05) is 0 Å². The maximum absolute atomic E-state index is 12.7. The minimum Gasteiger partial charge on any atom is -0.481 e. The number of nitrogens with one attached hydrogen (secondary N) is 2. The Morgan fingerprint density at radius 2 is 1.54 bits per heavy atom. The van der Waals surface area contributed by atoms with Crippen LogP contribution in [0.1, 0.15) is 84.9 Å². The molecule has 0 aliphatic heterocycles. The standard InChI is InChI=1S/C22H30N2O4/c25-20(26)13-12-19(14-15-4-2-1-3-5-15)24-22(28)17-8-6-16(7-9-17)21(27)23-18-10-11-18/h6-9,15,18-19H,1-5,10-14H2,(H,23,27)(H,24,28)(H,25,26). The Labute approximate surface area is 166 Å². The fraction of sp³-hybridized carbons (Fsp3) is 0.591. The summed E-state index contributed by atoms with van der Waals surface area (Å²) in [6.45, 7) is 0. The SMILES string of the molecule is O=C(O)CCC(CC1CCCCC1)NC(=O)c1ccc(C(=O)NC2CC2)cc1. The van der Waals surface area contributed by atoms with Crippen molar-refractivity contribution in [3.63, 3.8) is 0 Å².